The topological polar surface area (TPSA) is 23.6 Å². The Hall–Kier alpha value is -1.88. The fraction of sp³-hybridized carbons (Fsp3) is 0.441. The van der Waals surface area contributed by atoms with Crippen molar-refractivity contribution in [3.05, 3.63) is 105 Å². The summed E-state index contributed by atoms with van der Waals surface area (Å²) in [4.78, 5) is 18.1. The Balaban J connectivity index is 0.00000220. The smallest absolute Gasteiger partial charge is 0.162 e. The Labute approximate surface area is 258 Å². The third-order valence-electron chi connectivity index (χ3n) is 8.65. The van der Waals surface area contributed by atoms with Gasteiger partial charge in [-0.15, -0.1) is 24.8 Å². The minimum Gasteiger partial charge on any atom is -0.299 e. The van der Waals surface area contributed by atoms with E-state index in [2.05, 4.69) is 71.3 Å². The van der Waals surface area contributed by atoms with Gasteiger partial charge in [0.2, 0.25) is 0 Å². The molecule has 3 aromatic rings. The van der Waals surface area contributed by atoms with Gasteiger partial charge in [-0.1, -0.05) is 66.2 Å². The summed E-state index contributed by atoms with van der Waals surface area (Å²) in [7, 11) is 0. The quantitative estimate of drug-likeness (QED) is 0.230. The molecule has 0 N–H and O–H groups in total. The molecule has 1 fully saturated rings. The van der Waals surface area contributed by atoms with Crippen LogP contribution < -0.4 is 0 Å². The Morgan fingerprint density at radius 3 is 2.15 bits per heavy atom. The molecule has 0 aromatic heterocycles. The van der Waals surface area contributed by atoms with Gasteiger partial charge in [0.1, 0.15) is 0 Å². The number of Topliss-reactive ketones (excluding diaryl/α,β-unsaturated/α-hetero) is 1. The van der Waals surface area contributed by atoms with E-state index in [0.29, 0.717) is 12.2 Å². The lowest BCUT2D eigenvalue weighted by Gasteiger charge is -2.32. The summed E-state index contributed by atoms with van der Waals surface area (Å²) in [6, 6.07) is 23.3. The molecule has 0 saturated carbocycles. The number of fused-ring (bicyclic) bond motifs is 1. The van der Waals surface area contributed by atoms with Crippen molar-refractivity contribution in [2.24, 2.45) is 5.92 Å². The van der Waals surface area contributed by atoms with Crippen molar-refractivity contribution in [2.45, 2.75) is 65.0 Å². The van der Waals surface area contributed by atoms with E-state index in [1.807, 2.05) is 12.1 Å². The average molecular weight is 602 g/mol. The molecule has 5 rings (SSSR count). The third kappa shape index (κ3) is 8.81. The molecule has 0 atom stereocenters. The number of rotatable bonds is 9. The third-order valence-corrected chi connectivity index (χ3v) is 9.02. The summed E-state index contributed by atoms with van der Waals surface area (Å²) < 4.78 is 0. The van der Waals surface area contributed by atoms with Crippen LogP contribution in [0.25, 0.3) is 0 Å². The van der Waals surface area contributed by atoms with E-state index < -0.39 is 0 Å². The maximum Gasteiger partial charge on any atom is 0.162 e. The predicted octanol–water partition coefficient (Wildman–Crippen LogP) is 8.36. The van der Waals surface area contributed by atoms with Crippen molar-refractivity contribution in [3.8, 4) is 0 Å². The minimum absolute atomic E-state index is 0. The lowest BCUT2D eigenvalue weighted by Crippen LogP contribution is -2.33. The SMILES string of the molecule is Cc1ccccc1CN1CCC(CCCC(=O)c2ccc3c(c2)CCN(Cc2ccccc2Cl)CC3)CC1.Cl.Cl. The monoisotopic (exact) mass is 600 g/mol. The van der Waals surface area contributed by atoms with Crippen LogP contribution in [0.15, 0.2) is 66.7 Å². The van der Waals surface area contributed by atoms with Crippen molar-refractivity contribution in [1.29, 1.82) is 0 Å². The zero-order valence-corrected chi connectivity index (χ0v) is 26.0. The van der Waals surface area contributed by atoms with E-state index in [4.69, 9.17) is 11.6 Å². The fourth-order valence-electron chi connectivity index (χ4n) is 6.13. The van der Waals surface area contributed by atoms with Crippen molar-refractivity contribution in [2.75, 3.05) is 26.2 Å². The van der Waals surface area contributed by atoms with Gasteiger partial charge in [-0.25, -0.2) is 0 Å². The number of benzene rings is 3. The molecule has 0 unspecified atom stereocenters. The summed E-state index contributed by atoms with van der Waals surface area (Å²) in [6.07, 6.45) is 7.36. The molecule has 3 aromatic carbocycles. The Morgan fingerprint density at radius 2 is 1.43 bits per heavy atom. The van der Waals surface area contributed by atoms with Gasteiger partial charge >= 0.3 is 0 Å². The van der Waals surface area contributed by atoms with Gasteiger partial charge in [-0.2, -0.15) is 0 Å². The normalized spacial score (nSPS) is 16.4. The van der Waals surface area contributed by atoms with Crippen molar-refractivity contribution in [3.63, 3.8) is 0 Å². The van der Waals surface area contributed by atoms with Gasteiger partial charge in [0, 0.05) is 43.2 Å². The van der Waals surface area contributed by atoms with Crippen LogP contribution in [0.3, 0.4) is 0 Å². The first kappa shape index (κ1) is 32.6. The molecular formula is C34H43Cl3N2O. The van der Waals surface area contributed by atoms with Gasteiger partial charge in [-0.3, -0.25) is 14.6 Å². The highest BCUT2D eigenvalue weighted by molar-refractivity contribution is 6.31. The van der Waals surface area contributed by atoms with Crippen molar-refractivity contribution in [1.82, 2.24) is 9.80 Å². The van der Waals surface area contributed by atoms with Crippen LogP contribution in [-0.4, -0.2) is 41.8 Å². The number of nitrogens with zero attached hydrogens (tertiary/aromatic N) is 2. The first-order chi connectivity index (χ1) is 18.5. The summed E-state index contributed by atoms with van der Waals surface area (Å²) >= 11 is 6.40. The molecule has 0 radical (unpaired) electrons. The van der Waals surface area contributed by atoms with E-state index >= 15 is 0 Å². The Morgan fingerprint density at radius 1 is 0.800 bits per heavy atom. The molecule has 0 spiro atoms. The largest absolute Gasteiger partial charge is 0.299 e. The fourth-order valence-corrected chi connectivity index (χ4v) is 6.32. The zero-order chi connectivity index (χ0) is 26.3. The average Bonchev–Trinajstić information content (AvgIpc) is 3.14. The van der Waals surface area contributed by atoms with Crippen molar-refractivity contribution < 1.29 is 4.79 Å². The summed E-state index contributed by atoms with van der Waals surface area (Å²) in [5.74, 6) is 1.06. The van der Waals surface area contributed by atoms with Gasteiger partial charge in [0.15, 0.2) is 5.78 Å². The molecule has 40 heavy (non-hydrogen) atoms. The van der Waals surface area contributed by atoms with E-state index in [9.17, 15) is 4.79 Å². The predicted molar refractivity (Wildman–Crippen MR) is 172 cm³/mol. The maximum absolute atomic E-state index is 13.1. The molecule has 6 heteroatoms. The lowest BCUT2D eigenvalue weighted by molar-refractivity contribution is 0.0974. The molecular weight excluding hydrogens is 559 g/mol. The highest BCUT2D eigenvalue weighted by Crippen LogP contribution is 2.26. The second-order valence-electron chi connectivity index (χ2n) is 11.3. The molecule has 2 aliphatic heterocycles. The second-order valence-corrected chi connectivity index (χ2v) is 11.7. The second kappa shape index (κ2) is 15.9. The number of ketones is 1. The van der Waals surface area contributed by atoms with Gasteiger partial charge in [0.25, 0.3) is 0 Å². The number of halogens is 3. The molecule has 0 bridgehead atoms. The van der Waals surface area contributed by atoms with Crippen LogP contribution in [-0.2, 0) is 25.9 Å². The summed E-state index contributed by atoms with van der Waals surface area (Å²) in [6.45, 7) is 8.52. The summed E-state index contributed by atoms with van der Waals surface area (Å²) in [5.41, 5.74) is 7.66. The van der Waals surface area contributed by atoms with Crippen LogP contribution in [0.2, 0.25) is 5.02 Å². The van der Waals surface area contributed by atoms with Crippen LogP contribution in [0.5, 0.6) is 0 Å². The number of likely N-dealkylation sites (tertiary alicyclic amines) is 1. The van der Waals surface area contributed by atoms with Gasteiger partial charge in [0.05, 0.1) is 0 Å². The van der Waals surface area contributed by atoms with Crippen LogP contribution in [0, 0.1) is 12.8 Å². The van der Waals surface area contributed by atoms with Crippen molar-refractivity contribution >= 4 is 42.2 Å². The molecule has 0 amide bonds. The van der Waals surface area contributed by atoms with Crippen LogP contribution in [0.4, 0.5) is 0 Å². The number of piperidine rings is 1. The lowest BCUT2D eigenvalue weighted by atomic mass is 9.90. The minimum atomic E-state index is 0. The van der Waals surface area contributed by atoms with E-state index in [1.54, 1.807) is 0 Å². The van der Waals surface area contributed by atoms with Gasteiger partial charge < -0.3 is 0 Å². The van der Waals surface area contributed by atoms with Gasteiger partial charge in [-0.05, 0) is 104 Å². The zero-order valence-electron chi connectivity index (χ0n) is 23.6. The highest BCUT2D eigenvalue weighted by Gasteiger charge is 2.21. The van der Waals surface area contributed by atoms with E-state index in [-0.39, 0.29) is 24.8 Å². The molecule has 216 valence electrons. The summed E-state index contributed by atoms with van der Waals surface area (Å²) in [5, 5.41) is 0.843. The van der Waals surface area contributed by atoms with Crippen LogP contribution in [0.1, 0.15) is 70.3 Å². The molecule has 0 aliphatic carbocycles. The highest BCUT2D eigenvalue weighted by atomic mass is 35.5. The Bertz CT molecular complexity index is 1240. The first-order valence-electron chi connectivity index (χ1n) is 14.4. The molecule has 2 aliphatic rings. The first-order valence-corrected chi connectivity index (χ1v) is 14.8. The Kier molecular flexibility index (Phi) is 13.0. The number of carbonyl (C=O) groups is 1. The standard InChI is InChI=1S/C34H41ClN2O.2ClH/c1-26-7-2-3-9-31(26)24-36-19-15-27(16-20-36)8-6-12-34(38)30-14-13-28-17-21-37(22-18-29(28)23-30)25-32-10-4-5-11-33(32)35;;/h2-5,7,9-11,13-14,23,27H,6,8,12,15-22,24-25H2,1H3;2*1H. The molecule has 3 nitrogen and oxygen atoms in total. The number of hydrogen-bond donors (Lipinski definition) is 0. The maximum atomic E-state index is 13.1. The van der Waals surface area contributed by atoms with Crippen LogP contribution >= 0.6 is 36.4 Å². The van der Waals surface area contributed by atoms with E-state index in [0.717, 1.165) is 61.9 Å². The number of aryl methyl sites for hydroxylation is 1. The number of carbonyl (C=O) groups excluding carboxylic acids is 1. The van der Waals surface area contributed by atoms with E-state index in [1.165, 1.54) is 60.2 Å². The molecule has 2 heterocycles. The number of hydrogen-bond acceptors (Lipinski definition) is 3. The molecule has 1 saturated heterocycles.